The number of hydrogen-bond donors (Lipinski definition) is 0. The zero-order valence-corrected chi connectivity index (χ0v) is 11.3. The maximum Gasteiger partial charge on any atom is 0.253 e. The van der Waals surface area contributed by atoms with Crippen molar-refractivity contribution in [2.24, 2.45) is 0 Å². The number of halogens is 1. The van der Waals surface area contributed by atoms with Gasteiger partial charge in [-0.3, -0.25) is 4.79 Å². The van der Waals surface area contributed by atoms with E-state index in [2.05, 4.69) is 35.2 Å². The number of hydrogen-bond acceptors (Lipinski definition) is 1. The van der Waals surface area contributed by atoms with Crippen molar-refractivity contribution in [2.75, 3.05) is 11.9 Å². The molecule has 0 N–H and O–H groups in total. The molecule has 0 saturated heterocycles. The number of rotatable bonds is 2. The lowest BCUT2D eigenvalue weighted by Crippen LogP contribution is -2.27. The van der Waals surface area contributed by atoms with Crippen LogP contribution in [0.1, 0.15) is 12.5 Å². The number of carbonyl (C=O) groups is 1. The van der Waals surface area contributed by atoms with Crippen LogP contribution < -0.4 is 4.90 Å². The standard InChI is InChI=1S/C12H14INO/c1-8(2)12(15)14(4)11-6-5-9(3)7-10(11)13/h5-7H,1H2,2-4H3. The summed E-state index contributed by atoms with van der Waals surface area (Å²) in [5.41, 5.74) is 2.67. The zero-order valence-electron chi connectivity index (χ0n) is 9.17. The molecule has 1 aromatic rings. The summed E-state index contributed by atoms with van der Waals surface area (Å²) >= 11 is 2.23. The van der Waals surface area contributed by atoms with Gasteiger partial charge in [-0.1, -0.05) is 12.6 Å². The quantitative estimate of drug-likeness (QED) is 0.606. The monoisotopic (exact) mass is 315 g/mol. The molecular weight excluding hydrogens is 301 g/mol. The Morgan fingerprint density at radius 1 is 1.47 bits per heavy atom. The Labute approximate surface area is 104 Å². The summed E-state index contributed by atoms with van der Waals surface area (Å²) in [5.74, 6) is -0.0447. The summed E-state index contributed by atoms with van der Waals surface area (Å²) in [4.78, 5) is 13.3. The minimum absolute atomic E-state index is 0.0447. The van der Waals surface area contributed by atoms with Gasteiger partial charge < -0.3 is 4.90 Å². The van der Waals surface area contributed by atoms with Crippen LogP contribution in [0.2, 0.25) is 0 Å². The number of nitrogens with zero attached hydrogens (tertiary/aromatic N) is 1. The lowest BCUT2D eigenvalue weighted by molar-refractivity contribution is -0.114. The van der Waals surface area contributed by atoms with Gasteiger partial charge in [0.2, 0.25) is 0 Å². The molecule has 0 atom stereocenters. The van der Waals surface area contributed by atoms with E-state index in [0.717, 1.165) is 9.26 Å². The van der Waals surface area contributed by atoms with Gasteiger partial charge in [0.1, 0.15) is 0 Å². The predicted molar refractivity (Wildman–Crippen MR) is 72.1 cm³/mol. The lowest BCUT2D eigenvalue weighted by atomic mass is 10.2. The minimum atomic E-state index is -0.0447. The Morgan fingerprint density at radius 3 is 2.53 bits per heavy atom. The average Bonchev–Trinajstić information content (AvgIpc) is 2.15. The first-order valence-corrected chi connectivity index (χ1v) is 5.71. The van der Waals surface area contributed by atoms with Crippen LogP contribution in [-0.2, 0) is 4.79 Å². The molecule has 0 aliphatic heterocycles. The van der Waals surface area contributed by atoms with E-state index in [4.69, 9.17) is 0 Å². The second-order valence-electron chi connectivity index (χ2n) is 3.60. The van der Waals surface area contributed by atoms with E-state index in [1.54, 1.807) is 18.9 Å². The van der Waals surface area contributed by atoms with Crippen molar-refractivity contribution in [1.82, 2.24) is 0 Å². The van der Waals surface area contributed by atoms with E-state index in [0.29, 0.717) is 5.57 Å². The molecule has 1 rings (SSSR count). The fraction of sp³-hybridized carbons (Fsp3) is 0.250. The van der Waals surface area contributed by atoms with Crippen LogP contribution in [-0.4, -0.2) is 13.0 Å². The summed E-state index contributed by atoms with van der Waals surface area (Å²) < 4.78 is 1.07. The molecule has 80 valence electrons. The van der Waals surface area contributed by atoms with Crippen LogP contribution in [0.25, 0.3) is 0 Å². The zero-order chi connectivity index (χ0) is 11.6. The van der Waals surface area contributed by atoms with E-state index in [1.165, 1.54) is 5.56 Å². The van der Waals surface area contributed by atoms with Crippen LogP contribution in [0.15, 0.2) is 30.4 Å². The topological polar surface area (TPSA) is 20.3 Å². The molecular formula is C12H14INO. The molecule has 0 radical (unpaired) electrons. The summed E-state index contributed by atoms with van der Waals surface area (Å²) in [6.45, 7) is 7.41. The molecule has 0 bridgehead atoms. The van der Waals surface area contributed by atoms with Crippen molar-refractivity contribution in [3.05, 3.63) is 39.5 Å². The van der Waals surface area contributed by atoms with Crippen molar-refractivity contribution < 1.29 is 4.79 Å². The first-order chi connectivity index (χ1) is 6.93. The molecule has 0 aliphatic carbocycles. The van der Waals surface area contributed by atoms with Crippen LogP contribution in [0.3, 0.4) is 0 Å². The molecule has 1 aromatic carbocycles. The van der Waals surface area contributed by atoms with E-state index >= 15 is 0 Å². The molecule has 0 spiro atoms. The third-order valence-corrected chi connectivity index (χ3v) is 3.00. The highest BCUT2D eigenvalue weighted by Crippen LogP contribution is 2.23. The fourth-order valence-electron chi connectivity index (χ4n) is 1.28. The van der Waals surface area contributed by atoms with Gasteiger partial charge in [-0.05, 0) is 54.1 Å². The number of aryl methyl sites for hydroxylation is 1. The first-order valence-electron chi connectivity index (χ1n) is 4.63. The van der Waals surface area contributed by atoms with Gasteiger partial charge in [0, 0.05) is 16.2 Å². The van der Waals surface area contributed by atoms with E-state index in [-0.39, 0.29) is 5.91 Å². The number of carbonyl (C=O) groups excluding carboxylic acids is 1. The van der Waals surface area contributed by atoms with Gasteiger partial charge in [-0.25, -0.2) is 0 Å². The molecule has 15 heavy (non-hydrogen) atoms. The molecule has 1 amide bonds. The predicted octanol–water partition coefficient (Wildman–Crippen LogP) is 3.14. The van der Waals surface area contributed by atoms with Crippen molar-refractivity contribution in [3.63, 3.8) is 0 Å². The van der Waals surface area contributed by atoms with Crippen molar-refractivity contribution >= 4 is 34.2 Å². The Morgan fingerprint density at radius 2 is 2.07 bits per heavy atom. The molecule has 3 heteroatoms. The van der Waals surface area contributed by atoms with Crippen molar-refractivity contribution in [1.29, 1.82) is 0 Å². The van der Waals surface area contributed by atoms with E-state index in [9.17, 15) is 4.79 Å². The molecule has 2 nitrogen and oxygen atoms in total. The highest BCUT2D eigenvalue weighted by molar-refractivity contribution is 14.1. The largest absolute Gasteiger partial charge is 0.311 e. The number of anilines is 1. The average molecular weight is 315 g/mol. The van der Waals surface area contributed by atoms with Gasteiger partial charge >= 0.3 is 0 Å². The molecule has 0 aliphatic rings. The van der Waals surface area contributed by atoms with E-state index < -0.39 is 0 Å². The maximum atomic E-state index is 11.7. The van der Waals surface area contributed by atoms with Crippen LogP contribution >= 0.6 is 22.6 Å². The fourth-order valence-corrected chi connectivity index (χ4v) is 2.31. The Hall–Kier alpha value is -0.840. The Balaban J connectivity index is 3.06. The summed E-state index contributed by atoms with van der Waals surface area (Å²) in [7, 11) is 1.77. The van der Waals surface area contributed by atoms with Crippen LogP contribution in [0.4, 0.5) is 5.69 Å². The third kappa shape index (κ3) is 2.81. The van der Waals surface area contributed by atoms with Gasteiger partial charge in [-0.2, -0.15) is 0 Å². The highest BCUT2D eigenvalue weighted by Gasteiger charge is 2.13. The molecule has 0 aromatic heterocycles. The summed E-state index contributed by atoms with van der Waals surface area (Å²) in [5, 5.41) is 0. The lowest BCUT2D eigenvalue weighted by Gasteiger charge is -2.19. The summed E-state index contributed by atoms with van der Waals surface area (Å²) in [6.07, 6.45) is 0. The second kappa shape index (κ2) is 4.79. The van der Waals surface area contributed by atoms with Gasteiger partial charge in [-0.15, -0.1) is 0 Å². The smallest absolute Gasteiger partial charge is 0.253 e. The molecule has 0 heterocycles. The van der Waals surface area contributed by atoms with Gasteiger partial charge in [0.15, 0.2) is 0 Å². The normalized spacial score (nSPS) is 9.87. The molecule has 0 unspecified atom stereocenters. The molecule has 0 saturated carbocycles. The minimum Gasteiger partial charge on any atom is -0.311 e. The van der Waals surface area contributed by atoms with Crippen LogP contribution in [0.5, 0.6) is 0 Å². The van der Waals surface area contributed by atoms with Gasteiger partial charge in [0.05, 0.1) is 5.69 Å². The van der Waals surface area contributed by atoms with Crippen LogP contribution in [0, 0.1) is 10.5 Å². The Bertz CT molecular complexity index is 412. The van der Waals surface area contributed by atoms with Crippen molar-refractivity contribution in [2.45, 2.75) is 13.8 Å². The highest BCUT2D eigenvalue weighted by atomic mass is 127. The summed E-state index contributed by atoms with van der Waals surface area (Å²) in [6, 6.07) is 6.01. The third-order valence-electron chi connectivity index (χ3n) is 2.13. The number of benzene rings is 1. The SMILES string of the molecule is C=C(C)C(=O)N(C)c1ccc(C)cc1I. The van der Waals surface area contributed by atoms with E-state index in [1.807, 2.05) is 19.1 Å². The van der Waals surface area contributed by atoms with Gasteiger partial charge in [0.25, 0.3) is 5.91 Å². The maximum absolute atomic E-state index is 11.7. The second-order valence-corrected chi connectivity index (χ2v) is 4.76. The molecule has 0 fully saturated rings. The first kappa shape index (κ1) is 12.2. The number of likely N-dealkylation sites (N-methyl/N-ethyl adjacent to an activating group) is 1. The number of amides is 1. The Kier molecular flexibility index (Phi) is 3.90. The van der Waals surface area contributed by atoms with Crippen molar-refractivity contribution in [3.8, 4) is 0 Å².